The van der Waals surface area contributed by atoms with Crippen LogP contribution >= 0.6 is 0 Å². The lowest BCUT2D eigenvalue weighted by molar-refractivity contribution is 0.266. The third-order valence-corrected chi connectivity index (χ3v) is 38.0. The molecule has 0 aliphatic heterocycles. The summed E-state index contributed by atoms with van der Waals surface area (Å²) in [4.78, 5) is 0. The fourth-order valence-corrected chi connectivity index (χ4v) is 29.5. The Labute approximate surface area is 889 Å². The quantitative estimate of drug-likeness (QED) is 0.0333. The van der Waals surface area contributed by atoms with Gasteiger partial charge in [0.05, 0.1) is 0 Å². The van der Waals surface area contributed by atoms with Crippen LogP contribution in [0.15, 0.2) is 194 Å². The van der Waals surface area contributed by atoms with Crippen molar-refractivity contribution in [2.75, 3.05) is 0 Å². The van der Waals surface area contributed by atoms with Crippen LogP contribution in [0.25, 0.3) is 100 Å². The van der Waals surface area contributed by atoms with Crippen LogP contribution in [0.3, 0.4) is 0 Å². The lowest BCUT2D eigenvalue weighted by Crippen LogP contribution is -2.31. The van der Waals surface area contributed by atoms with Gasteiger partial charge in [0, 0.05) is 27.1 Å². The van der Waals surface area contributed by atoms with Crippen LogP contribution in [0.4, 0.5) is 0 Å². The summed E-state index contributed by atoms with van der Waals surface area (Å²) < 4.78 is 0. The SMILES string of the molecule is CCCCCCCCC1(CCCCCCCC)c2ccccc2-c2ccc(-c3ccc4c(c3)C(CCCCCCCC)(CCCCCCCC)c3cc(-c5ccc6c(c5)C(CC(CC)CCCC)(CC(CC)CCCC)c5cc(-c7ccc8c(c7)C(CCCCCCCC)(CCCCCCCC)c7cc(-c9ccc%10c(c9)C(CCCCCCCC)(CCCCCCCC)c9ccccc9-%10)ccc7-8)ccc5-6)ccc3-4)cc21. The molecule has 15 rings (SSSR count). The molecule has 5 aliphatic rings. The minimum absolute atomic E-state index is 0.0358. The maximum absolute atomic E-state index is 2.86. The summed E-state index contributed by atoms with van der Waals surface area (Å²) in [6, 6.07) is 83.9. The Hall–Kier alpha value is -7.80. The average Bonchev–Trinajstić information content (AvgIpc) is 1.55. The fraction of sp³-hybridized carbons (Fsp3) is 0.586. The summed E-state index contributed by atoms with van der Waals surface area (Å²) >= 11 is 0. The number of rotatable bonds is 72. The summed E-state index contributed by atoms with van der Waals surface area (Å²) in [5.74, 6) is 1.24. The van der Waals surface area contributed by atoms with Gasteiger partial charge in [-0.05, 0) is 280 Å². The van der Waals surface area contributed by atoms with Gasteiger partial charge in [-0.2, -0.15) is 0 Å². The van der Waals surface area contributed by atoms with Gasteiger partial charge in [-0.1, -0.05) is 588 Å². The predicted molar refractivity (Wildman–Crippen MR) is 639 cm³/mol. The molecule has 0 nitrogen and oxygen atoms in total. The van der Waals surface area contributed by atoms with Gasteiger partial charge in [0.25, 0.3) is 0 Å². The summed E-state index contributed by atoms with van der Waals surface area (Å²) in [7, 11) is 0. The number of hydrogen-bond donors (Lipinski definition) is 0. The molecule has 10 aromatic rings. The topological polar surface area (TPSA) is 0 Å². The second-order valence-corrected chi connectivity index (χ2v) is 48.0. The molecule has 0 spiro atoms. The van der Waals surface area contributed by atoms with Crippen LogP contribution in [-0.2, 0) is 27.1 Å². The second kappa shape index (κ2) is 56.3. The first kappa shape index (κ1) is 111. The highest BCUT2D eigenvalue weighted by atomic mass is 14.5. The van der Waals surface area contributed by atoms with Crippen LogP contribution in [0.5, 0.6) is 0 Å². The molecule has 0 fully saturated rings. The van der Waals surface area contributed by atoms with E-state index >= 15 is 0 Å². The zero-order valence-electron chi connectivity index (χ0n) is 94.8. The molecule has 0 aromatic heterocycles. The van der Waals surface area contributed by atoms with Gasteiger partial charge in [0.15, 0.2) is 0 Å². The smallest absolute Gasteiger partial charge is 0.0220 e. The molecule has 5 aliphatic carbocycles. The molecule has 145 heavy (non-hydrogen) atoms. The lowest BCUT2D eigenvalue weighted by Gasteiger charge is -2.39. The summed E-state index contributed by atoms with van der Waals surface area (Å²) in [5, 5.41) is 0. The third-order valence-electron chi connectivity index (χ3n) is 38.0. The highest BCUT2D eigenvalue weighted by Crippen LogP contribution is 2.64. The van der Waals surface area contributed by atoms with Crippen molar-refractivity contribution in [1.29, 1.82) is 0 Å². The van der Waals surface area contributed by atoms with Crippen molar-refractivity contribution < 1.29 is 0 Å². The largest absolute Gasteiger partial charge is 0.0654 e. The molecule has 10 aromatic carbocycles. The molecule has 0 N–H and O–H groups in total. The normalized spacial score (nSPS) is 15.0. The molecular weight excluding hydrogens is 1740 g/mol. The standard InChI is InChI=1S/C145H202/c1-13-25-35-43-51-63-93-141(94-64-52-44-36-26-14-2)131-75-61-59-73-121(131)123-85-77-113(101-133(123)141)115-79-87-125-127-89-81-117(105-137(127)143(135(125)103-115,97-67-55-47-39-29-17-5)98-68-56-48-40-30-18-6)119-83-91-129-130-92-84-120(108-140(130)145(139(129)107-119,109-111(23-11)71-33-21-9)110-112(24-12)72-34-22-10)118-82-90-128-126-88-80-116(104-136(126)144(138(128)106-118,99-69-57-49-41-31-19-7)100-70-58-50-42-32-20-8)114-78-86-124-122-74-60-62-76-132(122)142(134(124)102-114,95-65-53-45-37-27-15-3)96-66-54-46-38-28-16-4/h59-62,73-92,101-108,111-112H,13-58,63-72,93-100,109-110H2,1-12H3. The van der Waals surface area contributed by atoms with Crippen LogP contribution in [0, 0.1) is 11.8 Å². The van der Waals surface area contributed by atoms with Crippen molar-refractivity contribution in [3.05, 3.63) is 250 Å². The average molecular weight is 1950 g/mol. The Morgan fingerprint density at radius 2 is 0.297 bits per heavy atom. The number of unbranched alkanes of at least 4 members (excludes halogenated alkanes) is 42. The van der Waals surface area contributed by atoms with Crippen molar-refractivity contribution >= 4 is 0 Å². The lowest BCUT2D eigenvalue weighted by atomic mass is 9.64. The van der Waals surface area contributed by atoms with E-state index in [1.54, 1.807) is 55.6 Å². The molecule has 782 valence electrons. The Balaban J connectivity index is 0.847. The van der Waals surface area contributed by atoms with Crippen molar-refractivity contribution in [3.63, 3.8) is 0 Å². The van der Waals surface area contributed by atoms with E-state index in [2.05, 4.69) is 277 Å². The van der Waals surface area contributed by atoms with E-state index in [4.69, 9.17) is 0 Å². The number of fused-ring (bicyclic) bond motifs is 15. The third kappa shape index (κ3) is 25.8. The summed E-state index contributed by atoms with van der Waals surface area (Å²) in [6.45, 7) is 29.1. The van der Waals surface area contributed by atoms with Crippen LogP contribution < -0.4 is 0 Å². The van der Waals surface area contributed by atoms with Crippen molar-refractivity contribution in [1.82, 2.24) is 0 Å². The van der Waals surface area contributed by atoms with E-state index < -0.39 is 0 Å². The molecule has 0 radical (unpaired) electrons. The molecule has 2 atom stereocenters. The van der Waals surface area contributed by atoms with Gasteiger partial charge < -0.3 is 0 Å². The van der Waals surface area contributed by atoms with Crippen LogP contribution in [0.2, 0.25) is 0 Å². The molecule has 0 saturated heterocycles. The second-order valence-electron chi connectivity index (χ2n) is 48.0. The Kier molecular flexibility index (Phi) is 43.3. The Bertz CT molecular complexity index is 5190. The van der Waals surface area contributed by atoms with E-state index in [0.717, 1.165) is 0 Å². The molecule has 0 amide bonds. The number of hydrogen-bond acceptors (Lipinski definition) is 0. The van der Waals surface area contributed by atoms with Crippen molar-refractivity contribution in [2.24, 2.45) is 11.8 Å². The fourth-order valence-electron chi connectivity index (χ4n) is 29.5. The minimum Gasteiger partial charge on any atom is -0.0654 e. The van der Waals surface area contributed by atoms with E-state index in [-0.39, 0.29) is 27.1 Å². The highest BCUT2D eigenvalue weighted by Gasteiger charge is 2.50. The summed E-state index contributed by atoms with van der Waals surface area (Å²) in [6.07, 6.45) is 86.0. The van der Waals surface area contributed by atoms with E-state index in [0.29, 0.717) is 11.8 Å². The maximum Gasteiger partial charge on any atom is 0.0220 e. The van der Waals surface area contributed by atoms with Gasteiger partial charge in [-0.3, -0.25) is 0 Å². The van der Waals surface area contributed by atoms with Crippen molar-refractivity contribution in [2.45, 2.75) is 534 Å². The molecule has 0 heterocycles. The van der Waals surface area contributed by atoms with Gasteiger partial charge in [-0.25, -0.2) is 0 Å². The van der Waals surface area contributed by atoms with Crippen LogP contribution in [0.1, 0.15) is 562 Å². The molecule has 0 saturated carbocycles. The summed E-state index contributed by atoms with van der Waals surface area (Å²) in [5.41, 5.74) is 42.4. The molecule has 2 unspecified atom stereocenters. The Morgan fingerprint density at radius 3 is 0.476 bits per heavy atom. The first-order valence-corrected chi connectivity index (χ1v) is 62.8. The van der Waals surface area contributed by atoms with Crippen LogP contribution in [-0.4, -0.2) is 0 Å². The highest BCUT2D eigenvalue weighted by molar-refractivity contribution is 5.93. The van der Waals surface area contributed by atoms with E-state index in [1.807, 2.05) is 0 Å². The molecular formula is C145H202. The first-order chi connectivity index (χ1) is 71.4. The van der Waals surface area contributed by atoms with Gasteiger partial charge in [0.1, 0.15) is 0 Å². The zero-order valence-corrected chi connectivity index (χ0v) is 94.8. The van der Waals surface area contributed by atoms with Gasteiger partial charge >= 0.3 is 0 Å². The van der Waals surface area contributed by atoms with Crippen molar-refractivity contribution in [3.8, 4) is 100 Å². The molecule has 0 bridgehead atoms. The Morgan fingerprint density at radius 1 is 0.145 bits per heavy atom. The minimum atomic E-state index is -0.157. The predicted octanol–water partition coefficient (Wildman–Crippen LogP) is 46.9. The van der Waals surface area contributed by atoms with Gasteiger partial charge in [0.2, 0.25) is 0 Å². The van der Waals surface area contributed by atoms with Gasteiger partial charge in [-0.15, -0.1) is 0 Å². The number of benzene rings is 10. The molecule has 0 heteroatoms. The van der Waals surface area contributed by atoms with E-state index in [1.165, 1.54) is 524 Å². The maximum atomic E-state index is 2.86. The zero-order chi connectivity index (χ0) is 101. The van der Waals surface area contributed by atoms with E-state index in [9.17, 15) is 0 Å². The monoisotopic (exact) mass is 1940 g/mol. The first-order valence-electron chi connectivity index (χ1n) is 62.8.